The average Bonchev–Trinajstić information content (AvgIpc) is 3.65. The average molecular weight is 559 g/mol. The fraction of sp³-hybridized carbons (Fsp3) is 0.323. The van der Waals surface area contributed by atoms with Crippen molar-refractivity contribution in [2.45, 2.75) is 25.9 Å². The molecule has 0 aliphatic carbocycles. The van der Waals surface area contributed by atoms with Crippen LogP contribution in [0.2, 0.25) is 0 Å². The van der Waals surface area contributed by atoms with Gasteiger partial charge in [-0.05, 0) is 42.2 Å². The van der Waals surface area contributed by atoms with Crippen molar-refractivity contribution in [3.8, 4) is 5.75 Å². The zero-order valence-electron chi connectivity index (χ0n) is 23.0. The molecule has 3 heterocycles. The van der Waals surface area contributed by atoms with Crippen molar-refractivity contribution in [2.75, 3.05) is 44.2 Å². The first kappa shape index (κ1) is 28.1. The van der Waals surface area contributed by atoms with Gasteiger partial charge in [0, 0.05) is 25.1 Å². The van der Waals surface area contributed by atoms with Crippen LogP contribution >= 0.6 is 0 Å². The molecule has 3 N–H and O–H groups in total. The van der Waals surface area contributed by atoms with E-state index in [0.717, 1.165) is 16.8 Å². The first-order chi connectivity index (χ1) is 20.1. The molecule has 214 valence electrons. The van der Waals surface area contributed by atoms with Gasteiger partial charge in [-0.3, -0.25) is 4.79 Å². The number of aliphatic hydroxyl groups is 1. The normalized spacial score (nSPS) is 14.6. The summed E-state index contributed by atoms with van der Waals surface area (Å²) in [6.45, 7) is 2.00. The maximum Gasteiger partial charge on any atom is 0.356 e. The van der Waals surface area contributed by atoms with Crippen molar-refractivity contribution in [1.82, 2.24) is 9.55 Å². The third-order valence-electron chi connectivity index (χ3n) is 7.05. The van der Waals surface area contributed by atoms with Crippen LogP contribution in [0.25, 0.3) is 11.0 Å². The summed E-state index contributed by atoms with van der Waals surface area (Å²) >= 11 is 0. The van der Waals surface area contributed by atoms with Crippen molar-refractivity contribution in [1.29, 1.82) is 0 Å². The van der Waals surface area contributed by atoms with E-state index >= 15 is 0 Å². The number of hydrogen-bond donors (Lipinski definition) is 3. The monoisotopic (exact) mass is 558 g/mol. The molecule has 2 aromatic heterocycles. The molecule has 1 aliphatic heterocycles. The van der Waals surface area contributed by atoms with Crippen molar-refractivity contribution in [3.05, 3.63) is 83.7 Å². The maximum absolute atomic E-state index is 13.2. The van der Waals surface area contributed by atoms with Crippen LogP contribution in [0.5, 0.6) is 5.75 Å². The molecular formula is C31H34N4O6. The Labute approximate surface area is 238 Å². The van der Waals surface area contributed by atoms with E-state index in [1.54, 1.807) is 6.20 Å². The summed E-state index contributed by atoms with van der Waals surface area (Å²) in [5.41, 5.74) is 4.02. The molecule has 0 radical (unpaired) electrons. The van der Waals surface area contributed by atoms with Crippen molar-refractivity contribution in [3.63, 3.8) is 0 Å². The SMILES string of the molecule is COC(=O)c1c(NC(=O)C2CCOC2)c2cc(NCc3cccc(OCCO)c3)cnc2n1CCc1ccccc1. The molecule has 5 rings (SSSR count). The quantitative estimate of drug-likeness (QED) is 0.223. The first-order valence-corrected chi connectivity index (χ1v) is 13.7. The molecule has 41 heavy (non-hydrogen) atoms. The standard InChI is InChI=1S/C31H34N4O6/c1-39-31(38)28-27(34-30(37)23-11-14-40-20-23)26-17-24(32-18-22-8-5-9-25(16-22)41-15-13-36)19-33-29(26)35(28)12-10-21-6-3-2-4-7-21/h2-9,16-17,19,23,32,36H,10-15,18,20H2,1H3,(H,34,37). The summed E-state index contributed by atoms with van der Waals surface area (Å²) < 4.78 is 17.9. The number of fused-ring (bicyclic) bond motifs is 1. The van der Waals surface area contributed by atoms with Crippen LogP contribution in [0.15, 0.2) is 66.9 Å². The van der Waals surface area contributed by atoms with E-state index in [-0.39, 0.29) is 30.7 Å². The van der Waals surface area contributed by atoms with Gasteiger partial charge in [-0.2, -0.15) is 0 Å². The number of hydrogen-bond acceptors (Lipinski definition) is 8. The third kappa shape index (κ3) is 6.67. The lowest BCUT2D eigenvalue weighted by atomic mass is 10.1. The summed E-state index contributed by atoms with van der Waals surface area (Å²) in [6, 6.07) is 19.5. The number of nitrogens with one attached hydrogen (secondary N) is 2. The van der Waals surface area contributed by atoms with Gasteiger partial charge in [0.2, 0.25) is 5.91 Å². The van der Waals surface area contributed by atoms with Gasteiger partial charge in [0.1, 0.15) is 18.0 Å². The number of carbonyl (C=O) groups is 2. The van der Waals surface area contributed by atoms with Crippen molar-refractivity contribution < 1.29 is 28.9 Å². The second-order valence-electron chi connectivity index (χ2n) is 9.82. The molecule has 0 saturated carbocycles. The fourth-order valence-electron chi connectivity index (χ4n) is 4.94. The number of benzene rings is 2. The second-order valence-corrected chi connectivity index (χ2v) is 9.82. The van der Waals surface area contributed by atoms with Gasteiger partial charge >= 0.3 is 5.97 Å². The minimum atomic E-state index is -0.553. The lowest BCUT2D eigenvalue weighted by molar-refractivity contribution is -0.119. The van der Waals surface area contributed by atoms with E-state index in [9.17, 15) is 9.59 Å². The molecule has 1 unspecified atom stereocenters. The van der Waals surface area contributed by atoms with E-state index in [0.29, 0.717) is 61.6 Å². The van der Waals surface area contributed by atoms with Crippen LogP contribution in [0, 0.1) is 5.92 Å². The Balaban J connectivity index is 1.49. The van der Waals surface area contributed by atoms with Gasteiger partial charge in [0.25, 0.3) is 0 Å². The zero-order valence-corrected chi connectivity index (χ0v) is 23.0. The molecule has 1 saturated heterocycles. The van der Waals surface area contributed by atoms with Gasteiger partial charge in [0.05, 0.1) is 43.8 Å². The largest absolute Gasteiger partial charge is 0.491 e. The Hall–Kier alpha value is -4.41. The number of esters is 1. The number of carbonyl (C=O) groups excluding carboxylic acids is 2. The number of methoxy groups -OCH3 is 1. The van der Waals surface area contributed by atoms with Crippen molar-refractivity contribution >= 4 is 34.3 Å². The van der Waals surface area contributed by atoms with Crippen molar-refractivity contribution in [2.24, 2.45) is 5.92 Å². The highest BCUT2D eigenvalue weighted by atomic mass is 16.5. The van der Waals surface area contributed by atoms with Crippen LogP contribution in [0.3, 0.4) is 0 Å². The minimum Gasteiger partial charge on any atom is -0.491 e. The molecule has 1 aliphatic rings. The van der Waals surface area contributed by atoms with E-state index < -0.39 is 5.97 Å². The van der Waals surface area contributed by atoms with Gasteiger partial charge in [-0.25, -0.2) is 9.78 Å². The number of anilines is 2. The summed E-state index contributed by atoms with van der Waals surface area (Å²) in [6.07, 6.45) is 3.00. The molecular weight excluding hydrogens is 524 g/mol. The van der Waals surface area contributed by atoms with E-state index in [1.165, 1.54) is 7.11 Å². The van der Waals surface area contributed by atoms with Crippen LogP contribution in [0.4, 0.5) is 11.4 Å². The summed E-state index contributed by atoms with van der Waals surface area (Å²) in [4.78, 5) is 31.1. The molecule has 4 aromatic rings. The van der Waals surface area contributed by atoms with E-state index in [4.69, 9.17) is 24.3 Å². The number of rotatable bonds is 12. The third-order valence-corrected chi connectivity index (χ3v) is 7.05. The second kappa shape index (κ2) is 13.3. The van der Waals surface area contributed by atoms with Crippen LogP contribution < -0.4 is 15.4 Å². The number of aryl methyl sites for hydroxylation is 2. The Morgan fingerprint density at radius 3 is 2.71 bits per heavy atom. The molecule has 1 amide bonds. The first-order valence-electron chi connectivity index (χ1n) is 13.7. The highest BCUT2D eigenvalue weighted by molar-refractivity contribution is 6.11. The number of aromatic nitrogens is 2. The summed E-state index contributed by atoms with van der Waals surface area (Å²) in [5, 5.41) is 16.1. The number of amides is 1. The number of ether oxygens (including phenoxy) is 3. The number of nitrogens with zero attached hydrogens (tertiary/aromatic N) is 2. The lowest BCUT2D eigenvalue weighted by Gasteiger charge is -2.12. The van der Waals surface area contributed by atoms with Crippen LogP contribution in [-0.2, 0) is 33.8 Å². The Morgan fingerprint density at radius 1 is 1.12 bits per heavy atom. The molecule has 10 nitrogen and oxygen atoms in total. The highest BCUT2D eigenvalue weighted by Crippen LogP contribution is 2.34. The van der Waals surface area contributed by atoms with Crippen LogP contribution in [-0.4, -0.2) is 60.1 Å². The van der Waals surface area contributed by atoms with Gasteiger partial charge in [-0.15, -0.1) is 0 Å². The van der Waals surface area contributed by atoms with Gasteiger partial charge in [0.15, 0.2) is 5.69 Å². The Kier molecular flexibility index (Phi) is 9.12. The topological polar surface area (TPSA) is 124 Å². The van der Waals surface area contributed by atoms with Gasteiger partial charge in [-0.1, -0.05) is 42.5 Å². The lowest BCUT2D eigenvalue weighted by Crippen LogP contribution is -2.24. The predicted molar refractivity (Wildman–Crippen MR) is 155 cm³/mol. The summed E-state index contributed by atoms with van der Waals surface area (Å²) in [5.74, 6) is -0.375. The minimum absolute atomic E-state index is 0.0562. The molecule has 2 aromatic carbocycles. The highest BCUT2D eigenvalue weighted by Gasteiger charge is 2.29. The molecule has 0 bridgehead atoms. The molecule has 10 heteroatoms. The number of pyridine rings is 1. The molecule has 1 atom stereocenters. The predicted octanol–water partition coefficient (Wildman–Crippen LogP) is 4.02. The Morgan fingerprint density at radius 2 is 1.95 bits per heavy atom. The fourth-order valence-corrected chi connectivity index (χ4v) is 4.94. The smallest absolute Gasteiger partial charge is 0.356 e. The van der Waals surface area contributed by atoms with Crippen LogP contribution in [0.1, 0.15) is 28.0 Å². The molecule has 0 spiro atoms. The Bertz CT molecular complexity index is 1500. The van der Waals surface area contributed by atoms with E-state index in [2.05, 4.69) is 10.6 Å². The van der Waals surface area contributed by atoms with Gasteiger partial charge < -0.3 is 34.5 Å². The zero-order chi connectivity index (χ0) is 28.6. The summed E-state index contributed by atoms with van der Waals surface area (Å²) in [7, 11) is 1.33. The van der Waals surface area contributed by atoms with E-state index in [1.807, 2.05) is 65.2 Å². The maximum atomic E-state index is 13.2. The molecule has 1 fully saturated rings. The number of aliphatic hydroxyl groups excluding tert-OH is 1.